The summed E-state index contributed by atoms with van der Waals surface area (Å²) >= 11 is 1.50. The Balaban J connectivity index is 2.18. The highest BCUT2D eigenvalue weighted by Crippen LogP contribution is 2.29. The molecule has 1 unspecified atom stereocenters. The van der Waals surface area contributed by atoms with E-state index in [1.165, 1.54) is 23.5 Å². The maximum absolute atomic E-state index is 13.5. The molecule has 1 N–H and O–H groups in total. The third kappa shape index (κ3) is 2.76. The van der Waals surface area contributed by atoms with Gasteiger partial charge in [0, 0.05) is 22.2 Å². The van der Waals surface area contributed by atoms with E-state index in [1.54, 1.807) is 0 Å². The molecule has 0 spiro atoms. The minimum absolute atomic E-state index is 0.158. The summed E-state index contributed by atoms with van der Waals surface area (Å²) in [5.74, 6) is -1.22. The number of hydrogen-bond donors (Lipinski definition) is 1. The fourth-order valence-corrected chi connectivity index (χ4v) is 2.79. The molecule has 0 saturated carbocycles. The molecule has 1 aromatic carbocycles. The highest BCUT2D eigenvalue weighted by Gasteiger charge is 2.15. The van der Waals surface area contributed by atoms with Gasteiger partial charge in [-0.2, -0.15) is 0 Å². The minimum Gasteiger partial charge on any atom is -0.387 e. The molecule has 96 valence electrons. The zero-order valence-corrected chi connectivity index (χ0v) is 11.0. The second kappa shape index (κ2) is 5.16. The Hall–Kier alpha value is -1.26. The van der Waals surface area contributed by atoms with E-state index >= 15 is 0 Å². The van der Waals surface area contributed by atoms with Crippen molar-refractivity contribution < 1.29 is 13.9 Å². The first kappa shape index (κ1) is 13.2. The van der Waals surface area contributed by atoms with Crippen LogP contribution in [0, 0.1) is 25.5 Å². The molecule has 0 aliphatic carbocycles. The normalized spacial score (nSPS) is 12.7. The molecule has 1 heterocycles. The van der Waals surface area contributed by atoms with Crippen LogP contribution in [0.1, 0.15) is 27.0 Å². The van der Waals surface area contributed by atoms with Gasteiger partial charge in [-0.15, -0.1) is 11.3 Å². The van der Waals surface area contributed by atoms with Gasteiger partial charge in [-0.05, 0) is 37.1 Å². The summed E-state index contributed by atoms with van der Waals surface area (Å²) in [4.78, 5) is 1.96. The number of aliphatic hydroxyl groups is 1. The van der Waals surface area contributed by atoms with Gasteiger partial charge < -0.3 is 5.11 Å². The van der Waals surface area contributed by atoms with Crippen molar-refractivity contribution in [3.63, 3.8) is 0 Å². The quantitative estimate of drug-likeness (QED) is 0.894. The predicted molar refractivity (Wildman–Crippen MR) is 68.8 cm³/mol. The molecule has 0 saturated heterocycles. The lowest BCUT2D eigenvalue weighted by atomic mass is 10.1. The molecular formula is C14H14F2OS. The first-order valence-electron chi connectivity index (χ1n) is 5.66. The molecular weight excluding hydrogens is 254 g/mol. The molecule has 0 aliphatic rings. The Kier molecular flexibility index (Phi) is 3.78. The third-order valence-corrected chi connectivity index (χ3v) is 4.20. The Morgan fingerprint density at radius 2 is 1.94 bits per heavy atom. The highest BCUT2D eigenvalue weighted by molar-refractivity contribution is 7.12. The van der Waals surface area contributed by atoms with Crippen LogP contribution in [0.5, 0.6) is 0 Å². The number of hydrogen-bond acceptors (Lipinski definition) is 2. The van der Waals surface area contributed by atoms with Crippen molar-refractivity contribution in [2.45, 2.75) is 26.4 Å². The van der Waals surface area contributed by atoms with Crippen LogP contribution in [0.3, 0.4) is 0 Å². The van der Waals surface area contributed by atoms with E-state index in [2.05, 4.69) is 0 Å². The maximum Gasteiger partial charge on any atom is 0.129 e. The lowest BCUT2D eigenvalue weighted by molar-refractivity contribution is 0.181. The van der Waals surface area contributed by atoms with Crippen LogP contribution < -0.4 is 0 Å². The topological polar surface area (TPSA) is 20.2 Å². The minimum atomic E-state index is -0.748. The van der Waals surface area contributed by atoms with Gasteiger partial charge in [0.15, 0.2) is 0 Å². The van der Waals surface area contributed by atoms with Crippen LogP contribution in [-0.2, 0) is 6.42 Å². The van der Waals surface area contributed by atoms with Crippen molar-refractivity contribution in [2.24, 2.45) is 0 Å². The van der Waals surface area contributed by atoms with E-state index < -0.39 is 17.7 Å². The molecule has 0 aliphatic heterocycles. The molecule has 1 atom stereocenters. The molecule has 1 aromatic heterocycles. The van der Waals surface area contributed by atoms with Gasteiger partial charge >= 0.3 is 0 Å². The van der Waals surface area contributed by atoms with Crippen molar-refractivity contribution in [3.05, 3.63) is 56.8 Å². The molecule has 0 fully saturated rings. The number of rotatable bonds is 3. The van der Waals surface area contributed by atoms with E-state index in [0.717, 1.165) is 21.4 Å². The first-order chi connectivity index (χ1) is 8.47. The lowest BCUT2D eigenvalue weighted by Crippen LogP contribution is -2.02. The van der Waals surface area contributed by atoms with Crippen LogP contribution >= 0.6 is 11.3 Å². The molecule has 2 aromatic rings. The Morgan fingerprint density at radius 1 is 1.22 bits per heavy atom. The van der Waals surface area contributed by atoms with Crippen LogP contribution in [-0.4, -0.2) is 5.11 Å². The average molecular weight is 268 g/mol. The fraction of sp³-hybridized carbons (Fsp3) is 0.286. The summed E-state index contributed by atoms with van der Waals surface area (Å²) in [6, 6.07) is 5.33. The SMILES string of the molecule is Cc1cc(C(O)Cc2ccc(F)cc2F)sc1C. The largest absolute Gasteiger partial charge is 0.387 e. The number of aliphatic hydroxyl groups excluding tert-OH is 1. The van der Waals surface area contributed by atoms with Gasteiger partial charge in [0.2, 0.25) is 0 Å². The lowest BCUT2D eigenvalue weighted by Gasteiger charge is -2.09. The first-order valence-corrected chi connectivity index (χ1v) is 6.48. The zero-order valence-electron chi connectivity index (χ0n) is 10.2. The van der Waals surface area contributed by atoms with E-state index in [4.69, 9.17) is 0 Å². The van der Waals surface area contributed by atoms with Crippen molar-refractivity contribution >= 4 is 11.3 Å². The monoisotopic (exact) mass is 268 g/mol. The number of halogens is 2. The van der Waals surface area contributed by atoms with Crippen LogP contribution in [0.15, 0.2) is 24.3 Å². The van der Waals surface area contributed by atoms with E-state index in [9.17, 15) is 13.9 Å². The van der Waals surface area contributed by atoms with Gasteiger partial charge in [0.1, 0.15) is 11.6 Å². The van der Waals surface area contributed by atoms with Crippen LogP contribution in [0.4, 0.5) is 8.78 Å². The molecule has 1 nitrogen and oxygen atoms in total. The van der Waals surface area contributed by atoms with Gasteiger partial charge in [0.25, 0.3) is 0 Å². The summed E-state index contributed by atoms with van der Waals surface area (Å²) in [6.45, 7) is 3.95. The van der Waals surface area contributed by atoms with E-state index in [-0.39, 0.29) is 6.42 Å². The van der Waals surface area contributed by atoms with Gasteiger partial charge in [0.05, 0.1) is 6.10 Å². The second-order valence-corrected chi connectivity index (χ2v) is 5.63. The van der Waals surface area contributed by atoms with E-state index in [1.807, 2.05) is 19.9 Å². The molecule has 18 heavy (non-hydrogen) atoms. The summed E-state index contributed by atoms with van der Waals surface area (Å²) < 4.78 is 26.2. The van der Waals surface area contributed by atoms with Crippen molar-refractivity contribution in [2.75, 3.05) is 0 Å². The Bertz CT molecular complexity index is 543. The standard InChI is InChI=1S/C14H14F2OS/c1-8-5-14(18-9(8)2)13(17)6-10-3-4-11(15)7-12(10)16/h3-5,7,13,17H,6H2,1-2H3. The molecule has 0 bridgehead atoms. The van der Waals surface area contributed by atoms with Crippen molar-refractivity contribution in [3.8, 4) is 0 Å². The average Bonchev–Trinajstić information content (AvgIpc) is 2.63. The third-order valence-electron chi connectivity index (χ3n) is 2.94. The summed E-state index contributed by atoms with van der Waals surface area (Å²) in [5, 5.41) is 10.1. The zero-order chi connectivity index (χ0) is 13.3. The summed E-state index contributed by atoms with van der Waals surface area (Å²) in [5.41, 5.74) is 1.45. The molecule has 0 radical (unpaired) electrons. The van der Waals surface area contributed by atoms with Crippen molar-refractivity contribution in [1.29, 1.82) is 0 Å². The smallest absolute Gasteiger partial charge is 0.129 e. The number of aryl methyl sites for hydroxylation is 2. The van der Waals surface area contributed by atoms with Gasteiger partial charge in [-0.3, -0.25) is 0 Å². The highest BCUT2D eigenvalue weighted by atomic mass is 32.1. The van der Waals surface area contributed by atoms with Gasteiger partial charge in [-0.1, -0.05) is 6.07 Å². The Morgan fingerprint density at radius 3 is 2.50 bits per heavy atom. The number of benzene rings is 1. The van der Waals surface area contributed by atoms with Crippen LogP contribution in [0.25, 0.3) is 0 Å². The van der Waals surface area contributed by atoms with Crippen molar-refractivity contribution in [1.82, 2.24) is 0 Å². The van der Waals surface area contributed by atoms with E-state index in [0.29, 0.717) is 5.56 Å². The molecule has 4 heteroatoms. The summed E-state index contributed by atoms with van der Waals surface area (Å²) in [6.07, 6.45) is -0.590. The molecule has 2 rings (SSSR count). The number of thiophene rings is 1. The summed E-state index contributed by atoms with van der Waals surface area (Å²) in [7, 11) is 0. The van der Waals surface area contributed by atoms with Crippen LogP contribution in [0.2, 0.25) is 0 Å². The fourth-order valence-electron chi connectivity index (χ4n) is 1.76. The Labute approximate surface area is 109 Å². The van der Waals surface area contributed by atoms with Gasteiger partial charge in [-0.25, -0.2) is 8.78 Å². The molecule has 0 amide bonds. The maximum atomic E-state index is 13.5. The second-order valence-electron chi connectivity index (χ2n) is 4.34. The predicted octanol–water partition coefficient (Wildman–Crippen LogP) is 3.92.